The summed E-state index contributed by atoms with van der Waals surface area (Å²) in [7, 11) is -0.655. The Morgan fingerprint density at radius 2 is 2.00 bits per heavy atom. The van der Waals surface area contributed by atoms with Crippen molar-refractivity contribution in [1.29, 1.82) is 0 Å². The van der Waals surface area contributed by atoms with Crippen LogP contribution in [0, 0.1) is 0 Å². The summed E-state index contributed by atoms with van der Waals surface area (Å²) in [4.78, 5) is 0. The zero-order valence-corrected chi connectivity index (χ0v) is 7.52. The molecule has 1 saturated heterocycles. The minimum atomic E-state index is -0.655. The van der Waals surface area contributed by atoms with Gasteiger partial charge < -0.3 is 0 Å². The van der Waals surface area contributed by atoms with Crippen LogP contribution < -0.4 is 0 Å². The summed E-state index contributed by atoms with van der Waals surface area (Å²) < 4.78 is -0.476. The van der Waals surface area contributed by atoms with Gasteiger partial charge in [-0.25, -0.2) is 0 Å². The Kier molecular flexibility index (Phi) is 2.13. The number of halogens is 3. The molecule has 0 N–H and O–H groups in total. The van der Waals surface area contributed by atoms with Gasteiger partial charge in [0, 0.05) is 0 Å². The van der Waals surface area contributed by atoms with Crippen LogP contribution in [0.3, 0.4) is 0 Å². The van der Waals surface area contributed by atoms with Crippen LogP contribution in [0.5, 0.6) is 0 Å². The van der Waals surface area contributed by atoms with E-state index in [9.17, 15) is 0 Å². The van der Waals surface area contributed by atoms with Gasteiger partial charge in [0.2, 0.25) is 0 Å². The van der Waals surface area contributed by atoms with Crippen LogP contribution in [0.25, 0.3) is 0 Å². The maximum absolute atomic E-state index is 5.83. The number of hydrogen-bond donors (Lipinski definition) is 0. The van der Waals surface area contributed by atoms with Gasteiger partial charge in [0.15, 0.2) is 8.11 Å². The highest BCUT2D eigenvalue weighted by Crippen LogP contribution is 2.41. The van der Waals surface area contributed by atoms with E-state index < -0.39 is 12.4 Å². The Balaban J connectivity index is 2.44. The van der Waals surface area contributed by atoms with Crippen LogP contribution in [-0.4, -0.2) is 12.4 Å². The van der Waals surface area contributed by atoms with Crippen LogP contribution in [0.1, 0.15) is 6.42 Å². The largest absolute Gasteiger partial charge is 0.169 e. The highest BCUT2D eigenvalue weighted by Gasteiger charge is 2.35. The van der Waals surface area contributed by atoms with Gasteiger partial charge in [-0.3, -0.25) is 0 Å². The van der Waals surface area contributed by atoms with Gasteiger partial charge in [-0.15, -0.1) is 23.2 Å². The Morgan fingerprint density at radius 1 is 1.38 bits per heavy atom. The molecule has 1 aliphatic heterocycles. The van der Waals surface area contributed by atoms with Gasteiger partial charge >= 0.3 is 0 Å². The van der Waals surface area contributed by atoms with Crippen molar-refractivity contribution in [3.63, 3.8) is 0 Å². The molecule has 1 fully saturated rings. The first-order chi connectivity index (χ1) is 3.60. The molecule has 0 saturated carbocycles. The van der Waals surface area contributed by atoms with Crippen LogP contribution >= 0.6 is 34.3 Å². The van der Waals surface area contributed by atoms with Gasteiger partial charge in [-0.05, 0) is 18.5 Å². The molecule has 0 spiro atoms. The Labute approximate surface area is 65.4 Å². The molecule has 1 rings (SSSR count). The Morgan fingerprint density at radius 3 is 2.12 bits per heavy atom. The topological polar surface area (TPSA) is 0 Å². The summed E-state index contributed by atoms with van der Waals surface area (Å²) in [5, 5.41) is 0. The zero-order valence-electron chi connectivity index (χ0n) is 4.26. The standard InChI is InChI=1S/C4H6Cl3Si/c5-4(6)1-2-8(7)3-4/h1-3H2. The van der Waals surface area contributed by atoms with Crippen molar-refractivity contribution < 1.29 is 0 Å². The fourth-order valence-electron chi connectivity index (χ4n) is 0.776. The second-order valence-electron chi connectivity index (χ2n) is 2.05. The lowest BCUT2D eigenvalue weighted by Gasteiger charge is -2.07. The Hall–Kier alpha value is 1.09. The van der Waals surface area contributed by atoms with E-state index in [0.29, 0.717) is 0 Å². The molecule has 1 heterocycles. The van der Waals surface area contributed by atoms with Crippen molar-refractivity contribution in [2.24, 2.45) is 0 Å². The minimum Gasteiger partial charge on any atom is -0.169 e. The normalized spacial score (nSPS) is 28.9. The fraction of sp³-hybridized carbons (Fsp3) is 1.00. The highest BCUT2D eigenvalue weighted by atomic mass is 35.6. The lowest BCUT2D eigenvalue weighted by Crippen LogP contribution is -2.05. The zero-order chi connectivity index (χ0) is 6.20. The predicted octanol–water partition coefficient (Wildman–Crippen LogP) is 2.79. The third-order valence-electron chi connectivity index (χ3n) is 1.21. The van der Waals surface area contributed by atoms with Crippen molar-refractivity contribution >= 4 is 42.4 Å². The van der Waals surface area contributed by atoms with Crippen LogP contribution in [0.15, 0.2) is 0 Å². The molecule has 1 aliphatic rings. The van der Waals surface area contributed by atoms with Crippen LogP contribution in [0.2, 0.25) is 12.1 Å². The van der Waals surface area contributed by atoms with Crippen LogP contribution in [-0.2, 0) is 0 Å². The predicted molar refractivity (Wildman–Crippen MR) is 40.3 cm³/mol. The molecule has 0 aromatic rings. The first kappa shape index (κ1) is 7.20. The first-order valence-electron chi connectivity index (χ1n) is 2.48. The summed E-state index contributed by atoms with van der Waals surface area (Å²) in [6, 6.07) is 1.89. The van der Waals surface area contributed by atoms with Crippen molar-refractivity contribution in [2.75, 3.05) is 0 Å². The average Bonchev–Trinajstić information content (AvgIpc) is 1.82. The van der Waals surface area contributed by atoms with Gasteiger partial charge in [0.1, 0.15) is 4.33 Å². The molecule has 4 heteroatoms. The van der Waals surface area contributed by atoms with Gasteiger partial charge in [0.05, 0.1) is 0 Å². The number of rotatable bonds is 0. The smallest absolute Gasteiger partial charge is 0.168 e. The van der Waals surface area contributed by atoms with Crippen molar-refractivity contribution in [3.05, 3.63) is 0 Å². The van der Waals surface area contributed by atoms with Crippen LogP contribution in [0.4, 0.5) is 0 Å². The van der Waals surface area contributed by atoms with E-state index in [0.717, 1.165) is 18.5 Å². The maximum atomic E-state index is 5.83. The molecule has 0 bridgehead atoms. The lowest BCUT2D eigenvalue weighted by atomic mass is 10.4. The molecule has 0 nitrogen and oxygen atoms in total. The lowest BCUT2D eigenvalue weighted by molar-refractivity contribution is 0.866. The molecule has 0 atom stereocenters. The molecule has 0 aromatic carbocycles. The van der Waals surface area contributed by atoms with E-state index in [-0.39, 0.29) is 0 Å². The monoisotopic (exact) mass is 187 g/mol. The second-order valence-corrected chi connectivity index (χ2v) is 7.18. The molecule has 0 aliphatic carbocycles. The summed E-state index contributed by atoms with van der Waals surface area (Å²) in [5.74, 6) is 0. The van der Waals surface area contributed by atoms with E-state index in [1.165, 1.54) is 0 Å². The van der Waals surface area contributed by atoms with E-state index in [4.69, 9.17) is 34.3 Å². The van der Waals surface area contributed by atoms with Gasteiger partial charge in [0.25, 0.3) is 0 Å². The summed E-state index contributed by atoms with van der Waals surface area (Å²) in [6.45, 7) is 0. The number of alkyl halides is 2. The summed E-state index contributed by atoms with van der Waals surface area (Å²) in [6.07, 6.45) is 0.883. The summed E-state index contributed by atoms with van der Waals surface area (Å²) >= 11 is 17.4. The number of hydrogen-bond acceptors (Lipinski definition) is 0. The van der Waals surface area contributed by atoms with E-state index >= 15 is 0 Å². The maximum Gasteiger partial charge on any atom is 0.168 e. The molecule has 0 aromatic heterocycles. The second kappa shape index (κ2) is 2.37. The average molecular weight is 189 g/mol. The molecule has 0 unspecified atom stereocenters. The molecular weight excluding hydrogens is 182 g/mol. The highest BCUT2D eigenvalue weighted by molar-refractivity contribution is 7.08. The van der Waals surface area contributed by atoms with E-state index in [1.54, 1.807) is 0 Å². The SMILES string of the molecule is Cl[Si]1CCC(Cl)(Cl)C1. The van der Waals surface area contributed by atoms with Gasteiger partial charge in [-0.2, -0.15) is 11.1 Å². The molecule has 0 amide bonds. The quantitative estimate of drug-likeness (QED) is 0.312. The third-order valence-corrected chi connectivity index (χ3v) is 5.05. The van der Waals surface area contributed by atoms with Gasteiger partial charge in [-0.1, -0.05) is 0 Å². The molecule has 8 heavy (non-hydrogen) atoms. The van der Waals surface area contributed by atoms with E-state index in [1.807, 2.05) is 0 Å². The van der Waals surface area contributed by atoms with Crippen molar-refractivity contribution in [2.45, 2.75) is 22.8 Å². The summed E-state index contributed by atoms with van der Waals surface area (Å²) in [5.41, 5.74) is 0. The minimum absolute atomic E-state index is 0.476. The Bertz CT molecular complexity index is 93.3. The third kappa shape index (κ3) is 1.80. The van der Waals surface area contributed by atoms with Crippen molar-refractivity contribution in [3.8, 4) is 0 Å². The fourth-order valence-corrected chi connectivity index (χ4v) is 5.24. The molecule has 47 valence electrons. The molecule has 1 radical (unpaired) electrons. The van der Waals surface area contributed by atoms with Crippen molar-refractivity contribution in [1.82, 2.24) is 0 Å². The first-order valence-corrected chi connectivity index (χ1v) is 6.16. The molecular formula is C4H6Cl3Si. The van der Waals surface area contributed by atoms with E-state index in [2.05, 4.69) is 0 Å².